The topological polar surface area (TPSA) is 71.2 Å². The first kappa shape index (κ1) is 14.4. The second kappa shape index (κ2) is 5.96. The Kier molecular flexibility index (Phi) is 4.29. The van der Waals surface area contributed by atoms with E-state index >= 15 is 0 Å². The van der Waals surface area contributed by atoms with Gasteiger partial charge in [-0.2, -0.15) is 0 Å². The zero-order valence-corrected chi connectivity index (χ0v) is 12.0. The number of H-pyrrole nitrogens is 1. The van der Waals surface area contributed by atoms with Crippen LogP contribution in [0.5, 0.6) is 0 Å². The molecule has 20 heavy (non-hydrogen) atoms. The van der Waals surface area contributed by atoms with Crippen molar-refractivity contribution < 1.29 is 14.3 Å². The highest BCUT2D eigenvalue weighted by atomic mass is 35.5. The third-order valence-electron chi connectivity index (χ3n) is 3.02. The quantitative estimate of drug-likeness (QED) is 0.848. The maximum Gasteiger partial charge on any atom is 0.328 e. The Balaban J connectivity index is 2.30. The normalized spacial score (nSPS) is 12.2. The monoisotopic (exact) mass is 294 g/mol. The van der Waals surface area contributed by atoms with Gasteiger partial charge in [0.25, 0.3) is 0 Å². The average Bonchev–Trinajstić information content (AvgIpc) is 2.79. The first-order valence-corrected chi connectivity index (χ1v) is 6.49. The lowest BCUT2D eigenvalue weighted by molar-refractivity contribution is -0.144. The van der Waals surface area contributed by atoms with Crippen LogP contribution in [-0.2, 0) is 20.7 Å². The number of benzene rings is 1. The maximum atomic E-state index is 11.7. The predicted molar refractivity (Wildman–Crippen MR) is 76.6 cm³/mol. The summed E-state index contributed by atoms with van der Waals surface area (Å²) in [6.07, 6.45) is 2.14. The molecule has 2 aromatic rings. The minimum atomic E-state index is -0.713. The molecule has 0 aliphatic rings. The molecule has 1 heterocycles. The summed E-state index contributed by atoms with van der Waals surface area (Å²) in [6.45, 7) is 1.36. The van der Waals surface area contributed by atoms with Gasteiger partial charge < -0.3 is 15.0 Å². The molecule has 0 radical (unpaired) electrons. The van der Waals surface area contributed by atoms with Crippen LogP contribution in [0.2, 0.25) is 5.02 Å². The zero-order valence-electron chi connectivity index (χ0n) is 11.2. The van der Waals surface area contributed by atoms with E-state index in [0.717, 1.165) is 16.5 Å². The van der Waals surface area contributed by atoms with E-state index in [4.69, 9.17) is 16.3 Å². The van der Waals surface area contributed by atoms with Gasteiger partial charge in [0.1, 0.15) is 6.04 Å². The summed E-state index contributed by atoms with van der Waals surface area (Å²) >= 11 is 5.98. The number of carbonyl (C=O) groups is 2. The summed E-state index contributed by atoms with van der Waals surface area (Å²) in [6, 6.07) is 4.77. The van der Waals surface area contributed by atoms with Gasteiger partial charge in [-0.1, -0.05) is 11.6 Å². The van der Waals surface area contributed by atoms with Crippen LogP contribution in [0, 0.1) is 0 Å². The number of halogens is 1. The number of carbonyl (C=O) groups excluding carboxylic acids is 2. The van der Waals surface area contributed by atoms with Crippen molar-refractivity contribution in [3.05, 3.63) is 35.0 Å². The second-order valence-electron chi connectivity index (χ2n) is 4.48. The molecule has 0 spiro atoms. The third-order valence-corrected chi connectivity index (χ3v) is 3.25. The number of rotatable bonds is 4. The van der Waals surface area contributed by atoms with Crippen molar-refractivity contribution in [3.8, 4) is 0 Å². The van der Waals surface area contributed by atoms with Gasteiger partial charge in [-0.05, 0) is 23.8 Å². The molecular formula is C14H15ClN2O3. The van der Waals surface area contributed by atoms with Crippen LogP contribution in [0.1, 0.15) is 12.5 Å². The Morgan fingerprint density at radius 3 is 2.85 bits per heavy atom. The number of esters is 1. The third kappa shape index (κ3) is 3.11. The van der Waals surface area contributed by atoms with Crippen LogP contribution >= 0.6 is 11.6 Å². The summed E-state index contributed by atoms with van der Waals surface area (Å²) in [5.41, 5.74) is 1.82. The van der Waals surface area contributed by atoms with Gasteiger partial charge in [0.15, 0.2) is 0 Å². The number of methoxy groups -OCH3 is 1. The Labute approximate surface area is 121 Å². The molecule has 2 N–H and O–H groups in total. The minimum Gasteiger partial charge on any atom is -0.467 e. The van der Waals surface area contributed by atoms with E-state index in [1.165, 1.54) is 14.0 Å². The van der Waals surface area contributed by atoms with E-state index in [1.807, 2.05) is 12.1 Å². The number of ether oxygens (including phenoxy) is 1. The van der Waals surface area contributed by atoms with Crippen molar-refractivity contribution in [3.63, 3.8) is 0 Å². The molecule has 1 atom stereocenters. The molecule has 0 unspecified atom stereocenters. The fourth-order valence-corrected chi connectivity index (χ4v) is 2.29. The van der Waals surface area contributed by atoms with E-state index in [9.17, 15) is 9.59 Å². The molecule has 2 rings (SSSR count). The van der Waals surface area contributed by atoms with Crippen LogP contribution in [0.15, 0.2) is 24.4 Å². The van der Waals surface area contributed by atoms with Crippen LogP contribution in [-0.4, -0.2) is 30.0 Å². The molecule has 6 heteroatoms. The molecule has 106 valence electrons. The van der Waals surface area contributed by atoms with Gasteiger partial charge in [-0.25, -0.2) is 4.79 Å². The first-order valence-electron chi connectivity index (χ1n) is 6.11. The standard InChI is InChI=1S/C14H15ClN2O3/c1-8(18)17-13(14(19)20-2)5-9-7-16-12-4-3-10(15)6-11(9)12/h3-4,6-7,13,16H,5H2,1-2H3,(H,17,18)/t13-/m0/s1. The van der Waals surface area contributed by atoms with E-state index in [0.29, 0.717) is 11.4 Å². The first-order chi connectivity index (χ1) is 9.51. The molecule has 0 fully saturated rings. The fourth-order valence-electron chi connectivity index (χ4n) is 2.12. The predicted octanol–water partition coefficient (Wildman–Crippen LogP) is 2.04. The SMILES string of the molecule is COC(=O)[C@H](Cc1c[nH]c2ccc(Cl)cc12)NC(C)=O. The minimum absolute atomic E-state index is 0.279. The van der Waals surface area contributed by atoms with Gasteiger partial charge >= 0.3 is 5.97 Å². The molecule has 5 nitrogen and oxygen atoms in total. The van der Waals surface area contributed by atoms with Crippen LogP contribution in [0.25, 0.3) is 10.9 Å². The van der Waals surface area contributed by atoms with E-state index in [2.05, 4.69) is 10.3 Å². The van der Waals surface area contributed by atoms with Crippen LogP contribution in [0.3, 0.4) is 0 Å². The molecular weight excluding hydrogens is 280 g/mol. The Morgan fingerprint density at radius 2 is 2.20 bits per heavy atom. The molecule has 0 aliphatic heterocycles. The van der Waals surface area contributed by atoms with Gasteiger partial charge in [0.05, 0.1) is 7.11 Å². The maximum absolute atomic E-state index is 11.7. The Hall–Kier alpha value is -2.01. The van der Waals surface area contributed by atoms with Gasteiger partial charge in [0.2, 0.25) is 5.91 Å². The molecule has 0 saturated carbocycles. The molecule has 0 bridgehead atoms. The number of amides is 1. The average molecular weight is 295 g/mol. The number of hydrogen-bond acceptors (Lipinski definition) is 3. The lowest BCUT2D eigenvalue weighted by atomic mass is 10.0. The van der Waals surface area contributed by atoms with Gasteiger partial charge in [0, 0.05) is 35.5 Å². The lowest BCUT2D eigenvalue weighted by Crippen LogP contribution is -2.41. The van der Waals surface area contributed by atoms with Crippen molar-refractivity contribution in [1.82, 2.24) is 10.3 Å². The Morgan fingerprint density at radius 1 is 1.45 bits per heavy atom. The molecule has 0 saturated heterocycles. The molecule has 1 amide bonds. The Bertz CT molecular complexity index is 651. The highest BCUT2D eigenvalue weighted by Gasteiger charge is 2.22. The summed E-state index contributed by atoms with van der Waals surface area (Å²) in [5, 5.41) is 4.13. The van der Waals surface area contributed by atoms with Crippen molar-refractivity contribution in [2.45, 2.75) is 19.4 Å². The highest BCUT2D eigenvalue weighted by molar-refractivity contribution is 6.31. The van der Waals surface area contributed by atoms with Gasteiger partial charge in [-0.3, -0.25) is 4.79 Å². The van der Waals surface area contributed by atoms with Crippen molar-refractivity contribution in [2.24, 2.45) is 0 Å². The molecule has 1 aromatic carbocycles. The van der Waals surface area contributed by atoms with E-state index < -0.39 is 12.0 Å². The zero-order chi connectivity index (χ0) is 14.7. The number of hydrogen-bond donors (Lipinski definition) is 2. The van der Waals surface area contributed by atoms with Gasteiger partial charge in [-0.15, -0.1) is 0 Å². The number of aromatic amines is 1. The van der Waals surface area contributed by atoms with Crippen molar-refractivity contribution in [2.75, 3.05) is 7.11 Å². The highest BCUT2D eigenvalue weighted by Crippen LogP contribution is 2.23. The fraction of sp³-hybridized carbons (Fsp3) is 0.286. The molecule has 1 aromatic heterocycles. The lowest BCUT2D eigenvalue weighted by Gasteiger charge is -2.14. The van der Waals surface area contributed by atoms with Crippen LogP contribution in [0.4, 0.5) is 0 Å². The van der Waals surface area contributed by atoms with E-state index in [1.54, 1.807) is 12.3 Å². The molecule has 0 aliphatic carbocycles. The van der Waals surface area contributed by atoms with Crippen molar-refractivity contribution >= 4 is 34.4 Å². The summed E-state index contributed by atoms with van der Waals surface area (Å²) < 4.78 is 4.71. The smallest absolute Gasteiger partial charge is 0.328 e. The van der Waals surface area contributed by atoms with Crippen LogP contribution < -0.4 is 5.32 Å². The largest absolute Gasteiger partial charge is 0.467 e. The number of aromatic nitrogens is 1. The second-order valence-corrected chi connectivity index (χ2v) is 4.92. The summed E-state index contributed by atoms with van der Waals surface area (Å²) in [7, 11) is 1.29. The summed E-state index contributed by atoms with van der Waals surface area (Å²) in [5.74, 6) is -0.755. The number of nitrogens with one attached hydrogen (secondary N) is 2. The summed E-state index contributed by atoms with van der Waals surface area (Å²) in [4.78, 5) is 26.0. The van der Waals surface area contributed by atoms with Crippen molar-refractivity contribution in [1.29, 1.82) is 0 Å². The van der Waals surface area contributed by atoms with E-state index in [-0.39, 0.29) is 5.91 Å². The number of fused-ring (bicyclic) bond motifs is 1.